The molecule has 2 aromatic rings. The number of hydrogen-bond acceptors (Lipinski definition) is 1. The molecule has 122 valence electrons. The van der Waals surface area contributed by atoms with Gasteiger partial charge < -0.3 is 10.6 Å². The Bertz CT molecular complexity index is 669. The lowest BCUT2D eigenvalue weighted by atomic mass is 10.1. The maximum atomic E-state index is 12.8. The Hall–Kier alpha value is -2.15. The molecule has 0 saturated heterocycles. The highest BCUT2D eigenvalue weighted by Gasteiger charge is 2.30. The molecule has 0 saturated carbocycles. The third kappa shape index (κ3) is 5.52. The minimum atomic E-state index is -4.39. The summed E-state index contributed by atoms with van der Waals surface area (Å²) >= 11 is 5.05. The van der Waals surface area contributed by atoms with Gasteiger partial charge in [-0.15, -0.1) is 0 Å². The van der Waals surface area contributed by atoms with E-state index in [1.807, 2.05) is 0 Å². The summed E-state index contributed by atoms with van der Waals surface area (Å²) in [7, 11) is 0. The first-order valence-corrected chi connectivity index (χ1v) is 7.22. The van der Waals surface area contributed by atoms with Gasteiger partial charge in [-0.05, 0) is 54.5 Å². The van der Waals surface area contributed by atoms with Crippen LogP contribution in [0.4, 0.5) is 23.2 Å². The van der Waals surface area contributed by atoms with Crippen molar-refractivity contribution in [1.82, 2.24) is 5.32 Å². The van der Waals surface area contributed by atoms with Crippen LogP contribution in [0.5, 0.6) is 0 Å². The van der Waals surface area contributed by atoms with E-state index in [0.717, 1.165) is 17.7 Å². The normalized spacial score (nSPS) is 11.1. The molecule has 7 heteroatoms. The zero-order chi connectivity index (χ0) is 16.9. The van der Waals surface area contributed by atoms with Crippen LogP contribution in [0.2, 0.25) is 0 Å². The summed E-state index contributed by atoms with van der Waals surface area (Å²) in [5.74, 6) is -0.302. The van der Waals surface area contributed by atoms with Crippen LogP contribution in [0.25, 0.3) is 0 Å². The second-order valence-corrected chi connectivity index (χ2v) is 5.24. The second-order valence-electron chi connectivity index (χ2n) is 4.84. The highest BCUT2D eigenvalue weighted by Crippen LogP contribution is 2.30. The van der Waals surface area contributed by atoms with Crippen molar-refractivity contribution in [2.45, 2.75) is 12.6 Å². The first-order chi connectivity index (χ1) is 10.8. The number of hydrogen-bond donors (Lipinski definition) is 2. The number of rotatable bonds is 4. The summed E-state index contributed by atoms with van der Waals surface area (Å²) in [6.07, 6.45) is -3.78. The maximum Gasteiger partial charge on any atom is 0.416 e. The zero-order valence-corrected chi connectivity index (χ0v) is 12.8. The lowest BCUT2D eigenvalue weighted by Gasteiger charge is -2.12. The summed E-state index contributed by atoms with van der Waals surface area (Å²) in [6.45, 7) is 0.483. The van der Waals surface area contributed by atoms with Crippen molar-refractivity contribution in [2.75, 3.05) is 11.9 Å². The van der Waals surface area contributed by atoms with E-state index in [2.05, 4.69) is 10.6 Å². The van der Waals surface area contributed by atoms with Crippen LogP contribution in [-0.4, -0.2) is 11.7 Å². The topological polar surface area (TPSA) is 24.1 Å². The largest absolute Gasteiger partial charge is 0.416 e. The van der Waals surface area contributed by atoms with Crippen molar-refractivity contribution >= 4 is 23.0 Å². The third-order valence-corrected chi connectivity index (χ3v) is 3.31. The zero-order valence-electron chi connectivity index (χ0n) is 12.0. The van der Waals surface area contributed by atoms with E-state index in [9.17, 15) is 17.6 Å². The van der Waals surface area contributed by atoms with Gasteiger partial charge in [0.1, 0.15) is 5.82 Å². The molecule has 0 aromatic heterocycles. The van der Waals surface area contributed by atoms with Gasteiger partial charge >= 0.3 is 6.18 Å². The van der Waals surface area contributed by atoms with Crippen LogP contribution in [0.3, 0.4) is 0 Å². The Morgan fingerprint density at radius 1 is 1.04 bits per heavy atom. The molecule has 2 nitrogen and oxygen atoms in total. The molecule has 0 heterocycles. The molecule has 0 aliphatic carbocycles. The lowest BCUT2D eigenvalue weighted by Crippen LogP contribution is -2.30. The summed E-state index contributed by atoms with van der Waals surface area (Å²) in [5.41, 5.74) is 0.455. The van der Waals surface area contributed by atoms with Crippen LogP contribution in [0.15, 0.2) is 48.5 Å². The molecule has 0 bridgehead atoms. The molecule has 0 aliphatic rings. The third-order valence-electron chi connectivity index (χ3n) is 3.06. The number of benzene rings is 2. The van der Waals surface area contributed by atoms with Crippen LogP contribution in [0.1, 0.15) is 11.1 Å². The van der Waals surface area contributed by atoms with Crippen molar-refractivity contribution in [1.29, 1.82) is 0 Å². The van der Waals surface area contributed by atoms with Gasteiger partial charge in [0.25, 0.3) is 0 Å². The van der Waals surface area contributed by atoms with Gasteiger partial charge in [-0.1, -0.05) is 18.2 Å². The number of thiocarbonyl (C=S) groups is 1. The molecule has 23 heavy (non-hydrogen) atoms. The first-order valence-electron chi connectivity index (χ1n) is 6.81. The van der Waals surface area contributed by atoms with Gasteiger partial charge in [0.05, 0.1) is 5.56 Å². The summed E-state index contributed by atoms with van der Waals surface area (Å²) in [4.78, 5) is 0. The molecular weight excluding hydrogens is 328 g/mol. The molecular formula is C16H14F4N2S. The van der Waals surface area contributed by atoms with Gasteiger partial charge in [-0.2, -0.15) is 13.2 Å². The average Bonchev–Trinajstić information content (AvgIpc) is 2.49. The molecule has 0 atom stereocenters. The predicted octanol–water partition coefficient (Wildman–Crippen LogP) is 4.37. The van der Waals surface area contributed by atoms with Crippen molar-refractivity contribution < 1.29 is 17.6 Å². The van der Waals surface area contributed by atoms with E-state index >= 15 is 0 Å². The van der Waals surface area contributed by atoms with Gasteiger partial charge in [0.15, 0.2) is 5.11 Å². The van der Waals surface area contributed by atoms with Crippen molar-refractivity contribution in [3.05, 3.63) is 65.5 Å². The quantitative estimate of drug-likeness (QED) is 0.637. The molecule has 0 unspecified atom stereocenters. The average molecular weight is 342 g/mol. The van der Waals surface area contributed by atoms with E-state index in [4.69, 9.17) is 12.2 Å². The van der Waals surface area contributed by atoms with Crippen molar-refractivity contribution in [2.24, 2.45) is 0 Å². The van der Waals surface area contributed by atoms with Gasteiger partial charge in [-0.3, -0.25) is 0 Å². The molecule has 2 N–H and O–H groups in total. The number of halogens is 4. The molecule has 2 aromatic carbocycles. The minimum Gasteiger partial charge on any atom is -0.362 e. The standard InChI is InChI=1S/C16H14F4N2S/c17-13-6-4-11(5-7-13)8-9-21-15(23)22-14-3-1-2-12(10-14)16(18,19)20/h1-7,10H,8-9H2,(H2,21,22,23). The predicted molar refractivity (Wildman–Crippen MR) is 85.8 cm³/mol. The van der Waals surface area contributed by atoms with Gasteiger partial charge in [0, 0.05) is 12.2 Å². The lowest BCUT2D eigenvalue weighted by molar-refractivity contribution is -0.137. The van der Waals surface area contributed by atoms with E-state index in [1.165, 1.54) is 24.3 Å². The SMILES string of the molecule is Fc1ccc(CCNC(=S)Nc2cccc(C(F)(F)F)c2)cc1. The van der Waals surface area contributed by atoms with E-state index < -0.39 is 11.7 Å². The first kappa shape index (κ1) is 17.2. The fourth-order valence-electron chi connectivity index (χ4n) is 1.92. The van der Waals surface area contributed by atoms with E-state index in [1.54, 1.807) is 12.1 Å². The van der Waals surface area contributed by atoms with Gasteiger partial charge in [0.2, 0.25) is 0 Å². The Labute approximate surface area is 136 Å². The number of nitrogens with one attached hydrogen (secondary N) is 2. The molecule has 0 spiro atoms. The summed E-state index contributed by atoms with van der Waals surface area (Å²) in [6, 6.07) is 10.9. The Morgan fingerprint density at radius 3 is 2.39 bits per heavy atom. The fourth-order valence-corrected chi connectivity index (χ4v) is 2.14. The smallest absolute Gasteiger partial charge is 0.362 e. The van der Waals surface area contributed by atoms with E-state index in [-0.39, 0.29) is 16.6 Å². The molecule has 0 amide bonds. The molecule has 0 aliphatic heterocycles. The Kier molecular flexibility index (Phi) is 5.54. The van der Waals surface area contributed by atoms with E-state index in [0.29, 0.717) is 13.0 Å². The molecule has 0 radical (unpaired) electrons. The van der Waals surface area contributed by atoms with Gasteiger partial charge in [-0.25, -0.2) is 4.39 Å². The van der Waals surface area contributed by atoms with Crippen LogP contribution in [-0.2, 0) is 12.6 Å². The highest BCUT2D eigenvalue weighted by atomic mass is 32.1. The number of anilines is 1. The van der Waals surface area contributed by atoms with Crippen LogP contribution < -0.4 is 10.6 Å². The number of alkyl halides is 3. The second kappa shape index (κ2) is 7.41. The summed E-state index contributed by atoms with van der Waals surface area (Å²) in [5, 5.41) is 5.84. The van der Waals surface area contributed by atoms with Crippen molar-refractivity contribution in [3.8, 4) is 0 Å². The van der Waals surface area contributed by atoms with Crippen LogP contribution >= 0.6 is 12.2 Å². The maximum absolute atomic E-state index is 12.8. The Balaban J connectivity index is 1.84. The molecule has 2 rings (SSSR count). The fraction of sp³-hybridized carbons (Fsp3) is 0.188. The van der Waals surface area contributed by atoms with Crippen molar-refractivity contribution in [3.63, 3.8) is 0 Å². The minimum absolute atomic E-state index is 0.228. The molecule has 0 fully saturated rings. The Morgan fingerprint density at radius 2 is 1.74 bits per heavy atom. The van der Waals surface area contributed by atoms with Crippen LogP contribution in [0, 0.1) is 5.82 Å². The highest BCUT2D eigenvalue weighted by molar-refractivity contribution is 7.80. The summed E-state index contributed by atoms with van der Waals surface area (Å²) < 4.78 is 50.6. The monoisotopic (exact) mass is 342 g/mol.